The van der Waals surface area contributed by atoms with Gasteiger partial charge in [-0.2, -0.15) is 0 Å². The predicted molar refractivity (Wildman–Crippen MR) is 119 cm³/mol. The van der Waals surface area contributed by atoms with E-state index in [2.05, 4.69) is 35.8 Å². The van der Waals surface area contributed by atoms with Crippen LogP contribution in [0.1, 0.15) is 37.8 Å². The van der Waals surface area contributed by atoms with Crippen LogP contribution < -0.4 is 20.9 Å². The van der Waals surface area contributed by atoms with E-state index in [0.717, 1.165) is 49.8 Å². The van der Waals surface area contributed by atoms with Crippen LogP contribution in [0, 0.1) is 12.8 Å². The van der Waals surface area contributed by atoms with Crippen LogP contribution in [0.5, 0.6) is 5.75 Å². The first-order valence-electron chi connectivity index (χ1n) is 10.8. The second kappa shape index (κ2) is 8.00. The summed E-state index contributed by atoms with van der Waals surface area (Å²) in [5.74, 6) is 1.23. The standard InChI is InChI=1S/C23H34N4O2/c1-15-20(26-10-9-17(14-26)16(2)24)8-7-19-21(29-12-11-25(3)4)13-22(28)27(23(15)19)18-5-6-18/h7-8,13,16-18H,5-6,9-12,14,24H2,1-4H3/t16-,17?/m0/s1. The van der Waals surface area contributed by atoms with Crippen molar-refractivity contribution in [3.63, 3.8) is 0 Å². The first-order valence-corrected chi connectivity index (χ1v) is 10.8. The Morgan fingerprint density at radius 1 is 1.28 bits per heavy atom. The van der Waals surface area contributed by atoms with E-state index in [4.69, 9.17) is 10.5 Å². The van der Waals surface area contributed by atoms with E-state index in [9.17, 15) is 4.79 Å². The fourth-order valence-corrected chi connectivity index (χ4v) is 4.50. The lowest BCUT2D eigenvalue weighted by Gasteiger charge is -2.25. The van der Waals surface area contributed by atoms with Crippen molar-refractivity contribution in [2.75, 3.05) is 45.2 Å². The molecule has 2 aliphatic rings. The molecule has 2 atom stereocenters. The molecule has 0 amide bonds. The summed E-state index contributed by atoms with van der Waals surface area (Å²) in [5, 5.41) is 1.04. The van der Waals surface area contributed by atoms with Crippen LogP contribution in [-0.4, -0.2) is 55.8 Å². The second-order valence-corrected chi connectivity index (χ2v) is 9.06. The Kier molecular flexibility index (Phi) is 5.58. The van der Waals surface area contributed by atoms with Gasteiger partial charge in [-0.1, -0.05) is 0 Å². The number of rotatable bonds is 7. The van der Waals surface area contributed by atoms with Crippen molar-refractivity contribution in [1.82, 2.24) is 9.47 Å². The Hall–Kier alpha value is -2.05. The third-order valence-corrected chi connectivity index (χ3v) is 6.42. The lowest BCUT2D eigenvalue weighted by Crippen LogP contribution is -2.30. The summed E-state index contributed by atoms with van der Waals surface area (Å²) in [5.41, 5.74) is 9.65. The summed E-state index contributed by atoms with van der Waals surface area (Å²) in [6.45, 7) is 7.64. The van der Waals surface area contributed by atoms with Crippen molar-refractivity contribution in [3.05, 3.63) is 34.1 Å². The maximum atomic E-state index is 13.0. The summed E-state index contributed by atoms with van der Waals surface area (Å²) in [6, 6.07) is 6.55. The highest BCUT2D eigenvalue weighted by atomic mass is 16.5. The molecule has 4 rings (SSSR count). The van der Waals surface area contributed by atoms with Gasteiger partial charge in [0, 0.05) is 48.9 Å². The lowest BCUT2D eigenvalue weighted by atomic mass is 10.0. The molecule has 1 aromatic heterocycles. The van der Waals surface area contributed by atoms with Crippen LogP contribution in [0.3, 0.4) is 0 Å². The fourth-order valence-electron chi connectivity index (χ4n) is 4.50. The summed E-state index contributed by atoms with van der Waals surface area (Å²) in [4.78, 5) is 17.5. The van der Waals surface area contributed by atoms with E-state index in [0.29, 0.717) is 24.3 Å². The number of aryl methyl sites for hydroxylation is 1. The highest BCUT2D eigenvalue weighted by Gasteiger charge is 2.30. The van der Waals surface area contributed by atoms with Gasteiger partial charge >= 0.3 is 0 Å². The topological polar surface area (TPSA) is 63.7 Å². The van der Waals surface area contributed by atoms with Crippen LogP contribution in [0.25, 0.3) is 10.9 Å². The van der Waals surface area contributed by atoms with Gasteiger partial charge < -0.3 is 24.8 Å². The smallest absolute Gasteiger partial charge is 0.255 e. The average Bonchev–Trinajstić information content (AvgIpc) is 3.37. The van der Waals surface area contributed by atoms with Gasteiger partial charge in [0.05, 0.1) is 5.52 Å². The zero-order valence-electron chi connectivity index (χ0n) is 18.1. The van der Waals surface area contributed by atoms with E-state index >= 15 is 0 Å². The third kappa shape index (κ3) is 4.01. The molecule has 1 unspecified atom stereocenters. The highest BCUT2D eigenvalue weighted by molar-refractivity contribution is 5.92. The van der Waals surface area contributed by atoms with Crippen LogP contribution in [0.2, 0.25) is 0 Å². The summed E-state index contributed by atoms with van der Waals surface area (Å²) in [6.07, 6.45) is 3.28. The van der Waals surface area contributed by atoms with Crippen LogP contribution >= 0.6 is 0 Å². The zero-order chi connectivity index (χ0) is 20.7. The van der Waals surface area contributed by atoms with E-state index in [1.807, 2.05) is 18.7 Å². The maximum absolute atomic E-state index is 13.0. The van der Waals surface area contributed by atoms with Crippen LogP contribution in [0.15, 0.2) is 23.0 Å². The highest BCUT2D eigenvalue weighted by Crippen LogP contribution is 2.41. The number of nitrogens with two attached hydrogens (primary N) is 1. The molecular weight excluding hydrogens is 364 g/mol. The van der Waals surface area contributed by atoms with Crippen molar-refractivity contribution in [1.29, 1.82) is 0 Å². The molecule has 0 bridgehead atoms. The lowest BCUT2D eigenvalue weighted by molar-refractivity contribution is 0.263. The second-order valence-electron chi connectivity index (χ2n) is 9.06. The van der Waals surface area contributed by atoms with Crippen molar-refractivity contribution >= 4 is 16.6 Å². The maximum Gasteiger partial charge on any atom is 0.255 e. The zero-order valence-corrected chi connectivity index (χ0v) is 18.1. The van der Waals surface area contributed by atoms with E-state index < -0.39 is 0 Å². The molecule has 2 N–H and O–H groups in total. The molecule has 158 valence electrons. The Bertz CT molecular complexity index is 946. The molecule has 0 spiro atoms. The van der Waals surface area contributed by atoms with Crippen LogP contribution in [0.4, 0.5) is 5.69 Å². The molecular formula is C23H34N4O2. The van der Waals surface area contributed by atoms with Crippen molar-refractivity contribution < 1.29 is 4.74 Å². The summed E-state index contributed by atoms with van der Waals surface area (Å²) in [7, 11) is 4.04. The third-order valence-electron chi connectivity index (χ3n) is 6.42. The van der Waals surface area contributed by atoms with Gasteiger partial charge in [0.25, 0.3) is 5.56 Å². The molecule has 2 aromatic rings. The molecule has 1 saturated heterocycles. The number of fused-ring (bicyclic) bond motifs is 1. The minimum absolute atomic E-state index is 0.0509. The first-order chi connectivity index (χ1) is 13.9. The Morgan fingerprint density at radius 2 is 2.03 bits per heavy atom. The largest absolute Gasteiger partial charge is 0.491 e. The van der Waals surface area contributed by atoms with E-state index in [-0.39, 0.29) is 11.6 Å². The van der Waals surface area contributed by atoms with Gasteiger partial charge in [0.2, 0.25) is 0 Å². The molecule has 29 heavy (non-hydrogen) atoms. The molecule has 1 aliphatic carbocycles. The number of benzene rings is 1. The normalized spacial score (nSPS) is 20.6. The Morgan fingerprint density at radius 3 is 2.66 bits per heavy atom. The fraction of sp³-hybridized carbons (Fsp3) is 0.609. The number of pyridine rings is 1. The van der Waals surface area contributed by atoms with Crippen molar-refractivity contribution in [2.45, 2.75) is 45.2 Å². The van der Waals surface area contributed by atoms with Crippen molar-refractivity contribution in [2.24, 2.45) is 11.7 Å². The number of ether oxygens (including phenoxy) is 1. The monoisotopic (exact) mass is 398 g/mol. The Labute approximate surface area is 173 Å². The van der Waals surface area contributed by atoms with Gasteiger partial charge in [-0.05, 0) is 70.8 Å². The van der Waals surface area contributed by atoms with E-state index in [1.165, 1.54) is 11.3 Å². The average molecular weight is 399 g/mol. The van der Waals surface area contributed by atoms with Gasteiger partial charge in [-0.25, -0.2) is 0 Å². The van der Waals surface area contributed by atoms with Gasteiger partial charge in [0.15, 0.2) is 0 Å². The van der Waals surface area contributed by atoms with Gasteiger partial charge in [-0.15, -0.1) is 0 Å². The molecule has 0 radical (unpaired) electrons. The minimum Gasteiger partial charge on any atom is -0.491 e. The van der Waals surface area contributed by atoms with Crippen LogP contribution in [-0.2, 0) is 0 Å². The molecule has 2 heterocycles. The number of likely N-dealkylation sites (N-methyl/N-ethyl adjacent to an activating group) is 1. The number of aromatic nitrogens is 1. The number of hydrogen-bond acceptors (Lipinski definition) is 5. The molecule has 2 fully saturated rings. The SMILES string of the molecule is Cc1c(N2CCC([C@H](C)N)C2)ccc2c(OCCN(C)C)cc(=O)n(C3CC3)c12. The molecule has 1 aliphatic heterocycles. The number of hydrogen-bond donors (Lipinski definition) is 1. The predicted octanol–water partition coefficient (Wildman–Crippen LogP) is 2.76. The van der Waals surface area contributed by atoms with Gasteiger partial charge in [0.1, 0.15) is 12.4 Å². The molecule has 6 nitrogen and oxygen atoms in total. The molecule has 1 aromatic carbocycles. The van der Waals surface area contributed by atoms with E-state index in [1.54, 1.807) is 6.07 Å². The van der Waals surface area contributed by atoms with Gasteiger partial charge in [-0.3, -0.25) is 4.79 Å². The Balaban J connectivity index is 1.77. The summed E-state index contributed by atoms with van der Waals surface area (Å²) >= 11 is 0. The minimum atomic E-state index is 0.0509. The number of nitrogens with zero attached hydrogens (tertiary/aromatic N) is 3. The molecule has 6 heteroatoms. The number of anilines is 1. The molecule has 1 saturated carbocycles. The quantitative estimate of drug-likeness (QED) is 0.777. The first kappa shape index (κ1) is 20.2. The van der Waals surface area contributed by atoms with Crippen molar-refractivity contribution in [3.8, 4) is 5.75 Å². The summed E-state index contributed by atoms with van der Waals surface area (Å²) < 4.78 is 8.06.